The van der Waals surface area contributed by atoms with Gasteiger partial charge in [-0.05, 0) is 37.6 Å². The van der Waals surface area contributed by atoms with Gasteiger partial charge in [-0.25, -0.2) is 0 Å². The zero-order chi connectivity index (χ0) is 11.4. The van der Waals surface area contributed by atoms with Crippen molar-refractivity contribution < 1.29 is 9.90 Å². The van der Waals surface area contributed by atoms with E-state index in [1.54, 1.807) is 0 Å². The lowest BCUT2D eigenvalue weighted by Gasteiger charge is -2.25. The highest BCUT2D eigenvalue weighted by atomic mass is 16.4. The third kappa shape index (κ3) is 3.82. The molecule has 0 aromatic carbocycles. The molecule has 0 amide bonds. The lowest BCUT2D eigenvalue weighted by atomic mass is 9.98. The fourth-order valence-corrected chi connectivity index (χ4v) is 2.60. The molecule has 1 rings (SSSR count). The Hall–Kier alpha value is -0.570. The third-order valence-electron chi connectivity index (χ3n) is 3.07. The lowest BCUT2D eigenvalue weighted by Crippen LogP contribution is -2.38. The molecule has 1 saturated heterocycles. The van der Waals surface area contributed by atoms with Crippen LogP contribution in [0.3, 0.4) is 0 Å². The third-order valence-corrected chi connectivity index (χ3v) is 3.07. The number of hydrogen-bond acceptors (Lipinski definition) is 2. The van der Waals surface area contributed by atoms with E-state index in [0.717, 1.165) is 25.9 Å². The van der Waals surface area contributed by atoms with Crippen LogP contribution in [0.15, 0.2) is 0 Å². The monoisotopic (exact) mass is 213 g/mol. The molecule has 88 valence electrons. The minimum atomic E-state index is -0.649. The summed E-state index contributed by atoms with van der Waals surface area (Å²) in [6, 6.07) is -0.223. The molecule has 3 heteroatoms. The van der Waals surface area contributed by atoms with Crippen molar-refractivity contribution in [1.29, 1.82) is 0 Å². The Morgan fingerprint density at radius 3 is 2.67 bits per heavy atom. The van der Waals surface area contributed by atoms with Gasteiger partial charge < -0.3 is 5.11 Å². The molecule has 0 aromatic rings. The van der Waals surface area contributed by atoms with Crippen LogP contribution in [0.5, 0.6) is 0 Å². The number of rotatable bonds is 5. The molecule has 1 N–H and O–H groups in total. The fraction of sp³-hybridized carbons (Fsp3) is 0.917. The first-order valence-corrected chi connectivity index (χ1v) is 5.97. The van der Waals surface area contributed by atoms with E-state index < -0.39 is 5.97 Å². The summed E-state index contributed by atoms with van der Waals surface area (Å²) >= 11 is 0. The predicted molar refractivity (Wildman–Crippen MR) is 60.8 cm³/mol. The Bertz CT molecular complexity index is 216. The number of nitrogens with zero attached hydrogens (tertiary/aromatic N) is 1. The molecule has 2 atom stereocenters. The summed E-state index contributed by atoms with van der Waals surface area (Å²) in [4.78, 5) is 13.1. The summed E-state index contributed by atoms with van der Waals surface area (Å²) in [6.45, 7) is 8.55. The molecule has 1 unspecified atom stereocenters. The van der Waals surface area contributed by atoms with Gasteiger partial charge in [-0.2, -0.15) is 0 Å². The summed E-state index contributed by atoms with van der Waals surface area (Å²) in [5.74, 6) is 0.653. The Morgan fingerprint density at radius 1 is 1.47 bits per heavy atom. The van der Waals surface area contributed by atoms with Gasteiger partial charge in [0.05, 0.1) is 0 Å². The average molecular weight is 213 g/mol. The molecule has 0 aliphatic carbocycles. The van der Waals surface area contributed by atoms with E-state index in [2.05, 4.69) is 25.7 Å². The molecule has 0 radical (unpaired) electrons. The molecule has 0 spiro atoms. The minimum absolute atomic E-state index is 0.223. The summed E-state index contributed by atoms with van der Waals surface area (Å²) in [5.41, 5.74) is 0. The number of carbonyl (C=O) groups is 1. The van der Waals surface area contributed by atoms with E-state index in [1.807, 2.05) is 0 Å². The van der Waals surface area contributed by atoms with Crippen LogP contribution in [0.2, 0.25) is 0 Å². The van der Waals surface area contributed by atoms with Crippen LogP contribution >= 0.6 is 0 Å². The van der Waals surface area contributed by atoms with Crippen LogP contribution in [0, 0.1) is 11.8 Å². The first-order valence-electron chi connectivity index (χ1n) is 5.97. The predicted octanol–water partition coefficient (Wildman–Crippen LogP) is 2.22. The molecular weight excluding hydrogens is 190 g/mol. The van der Waals surface area contributed by atoms with Crippen LogP contribution in [-0.4, -0.2) is 35.1 Å². The van der Waals surface area contributed by atoms with Gasteiger partial charge in [0.25, 0.3) is 0 Å². The topological polar surface area (TPSA) is 40.5 Å². The van der Waals surface area contributed by atoms with Crippen molar-refractivity contribution in [3.05, 3.63) is 0 Å². The smallest absolute Gasteiger partial charge is 0.320 e. The number of aliphatic carboxylic acids is 1. The van der Waals surface area contributed by atoms with Crippen molar-refractivity contribution in [3.63, 3.8) is 0 Å². The number of carboxylic acid groups (broad SMARTS) is 1. The van der Waals surface area contributed by atoms with Gasteiger partial charge in [0, 0.05) is 6.54 Å². The van der Waals surface area contributed by atoms with Crippen molar-refractivity contribution in [2.75, 3.05) is 13.1 Å². The second-order valence-corrected chi connectivity index (χ2v) is 5.23. The van der Waals surface area contributed by atoms with Crippen molar-refractivity contribution in [1.82, 2.24) is 4.90 Å². The quantitative estimate of drug-likeness (QED) is 0.761. The Labute approximate surface area is 92.5 Å². The van der Waals surface area contributed by atoms with Crippen LogP contribution in [0.1, 0.15) is 40.0 Å². The van der Waals surface area contributed by atoms with Crippen LogP contribution in [0.4, 0.5) is 0 Å². The highest BCUT2D eigenvalue weighted by molar-refractivity contribution is 5.73. The zero-order valence-corrected chi connectivity index (χ0v) is 10.1. The van der Waals surface area contributed by atoms with Gasteiger partial charge in [0.2, 0.25) is 0 Å². The van der Waals surface area contributed by atoms with Gasteiger partial charge in [0.15, 0.2) is 0 Å². The van der Waals surface area contributed by atoms with Crippen molar-refractivity contribution >= 4 is 5.97 Å². The first-order chi connectivity index (χ1) is 7.00. The van der Waals surface area contributed by atoms with E-state index in [1.165, 1.54) is 6.42 Å². The molecule has 0 saturated carbocycles. The summed E-state index contributed by atoms with van der Waals surface area (Å²) in [6.07, 6.45) is 3.04. The van der Waals surface area contributed by atoms with Gasteiger partial charge in [-0.3, -0.25) is 9.69 Å². The van der Waals surface area contributed by atoms with Crippen molar-refractivity contribution in [3.8, 4) is 0 Å². The average Bonchev–Trinajstić information content (AvgIpc) is 2.50. The molecule has 3 nitrogen and oxygen atoms in total. The standard InChI is InChI=1S/C12H23NO2/c1-9(2)7-10(3)8-13-6-4-5-11(13)12(14)15/h9-11H,4-8H2,1-3H3,(H,14,15)/t10?,11-/m1/s1. The Morgan fingerprint density at radius 2 is 2.13 bits per heavy atom. The van der Waals surface area contributed by atoms with Gasteiger partial charge >= 0.3 is 5.97 Å². The molecule has 0 bridgehead atoms. The van der Waals surface area contributed by atoms with Crippen LogP contribution in [0.25, 0.3) is 0 Å². The molecular formula is C12H23NO2. The summed E-state index contributed by atoms with van der Waals surface area (Å²) in [5, 5.41) is 9.04. The van der Waals surface area contributed by atoms with Crippen molar-refractivity contribution in [2.45, 2.75) is 46.1 Å². The molecule has 1 aliphatic heterocycles. The zero-order valence-electron chi connectivity index (χ0n) is 10.1. The minimum Gasteiger partial charge on any atom is -0.480 e. The fourth-order valence-electron chi connectivity index (χ4n) is 2.60. The van der Waals surface area contributed by atoms with E-state index in [0.29, 0.717) is 11.8 Å². The molecule has 15 heavy (non-hydrogen) atoms. The second-order valence-electron chi connectivity index (χ2n) is 5.23. The highest BCUT2D eigenvalue weighted by Gasteiger charge is 2.30. The lowest BCUT2D eigenvalue weighted by molar-refractivity contribution is -0.142. The van der Waals surface area contributed by atoms with E-state index >= 15 is 0 Å². The number of hydrogen-bond donors (Lipinski definition) is 1. The highest BCUT2D eigenvalue weighted by Crippen LogP contribution is 2.21. The van der Waals surface area contributed by atoms with E-state index in [-0.39, 0.29) is 6.04 Å². The van der Waals surface area contributed by atoms with E-state index in [4.69, 9.17) is 5.11 Å². The van der Waals surface area contributed by atoms with Crippen LogP contribution < -0.4 is 0 Å². The normalized spacial score (nSPS) is 24.7. The first kappa shape index (κ1) is 12.5. The van der Waals surface area contributed by atoms with Gasteiger partial charge in [-0.15, -0.1) is 0 Å². The van der Waals surface area contributed by atoms with Gasteiger partial charge in [-0.1, -0.05) is 20.8 Å². The largest absolute Gasteiger partial charge is 0.480 e. The van der Waals surface area contributed by atoms with Crippen molar-refractivity contribution in [2.24, 2.45) is 11.8 Å². The SMILES string of the molecule is CC(C)CC(C)CN1CCC[C@@H]1C(=O)O. The summed E-state index contributed by atoms with van der Waals surface area (Å²) < 4.78 is 0. The Kier molecular flexibility index (Phi) is 4.58. The molecule has 1 fully saturated rings. The maximum Gasteiger partial charge on any atom is 0.320 e. The number of carboxylic acids is 1. The maximum atomic E-state index is 11.0. The second kappa shape index (κ2) is 5.50. The van der Waals surface area contributed by atoms with E-state index in [9.17, 15) is 4.79 Å². The number of likely N-dealkylation sites (tertiary alicyclic amines) is 1. The summed E-state index contributed by atoms with van der Waals surface area (Å²) in [7, 11) is 0. The molecule has 1 aliphatic rings. The Balaban J connectivity index is 2.39. The van der Waals surface area contributed by atoms with Crippen LogP contribution in [-0.2, 0) is 4.79 Å². The molecule has 1 heterocycles. The molecule has 0 aromatic heterocycles. The van der Waals surface area contributed by atoms with Gasteiger partial charge in [0.1, 0.15) is 6.04 Å². The maximum absolute atomic E-state index is 11.0.